The molecule has 3 aromatic carbocycles. The Balaban J connectivity index is 1.44. The number of benzene rings is 3. The first-order valence-corrected chi connectivity index (χ1v) is 12.1. The lowest BCUT2D eigenvalue weighted by molar-refractivity contribution is -0.123. The van der Waals surface area contributed by atoms with Crippen molar-refractivity contribution in [3.63, 3.8) is 0 Å². The maximum absolute atomic E-state index is 12.9. The minimum atomic E-state index is -0.401. The average Bonchev–Trinajstić information content (AvgIpc) is 3.09. The first kappa shape index (κ1) is 24.6. The molecule has 6 nitrogen and oxygen atoms in total. The Morgan fingerprint density at radius 2 is 1.77 bits per heavy atom. The second-order valence-corrected chi connectivity index (χ2v) is 9.43. The summed E-state index contributed by atoms with van der Waals surface area (Å²) in [5.74, 6) is -0.272. The quantitative estimate of drug-likeness (QED) is 0.385. The van der Waals surface area contributed by atoms with Crippen molar-refractivity contribution in [3.8, 4) is 5.75 Å². The second-order valence-electron chi connectivity index (χ2n) is 8.03. The first-order chi connectivity index (χ1) is 16.8. The molecule has 35 heavy (non-hydrogen) atoms. The van der Waals surface area contributed by atoms with Crippen LogP contribution in [0.2, 0.25) is 5.02 Å². The number of halogens is 1. The fourth-order valence-corrected chi connectivity index (χ4v) is 4.49. The smallest absolute Gasteiger partial charge is 0.293 e. The number of hydrogen-bond acceptors (Lipinski definition) is 5. The predicted molar refractivity (Wildman–Crippen MR) is 139 cm³/mol. The molecule has 1 aliphatic rings. The number of nitrogens with zero attached hydrogens (tertiary/aromatic N) is 1. The zero-order valence-corrected chi connectivity index (χ0v) is 20.8. The lowest BCUT2D eigenvalue weighted by atomic mass is 10.1. The van der Waals surface area contributed by atoms with Gasteiger partial charge in [-0.15, -0.1) is 0 Å². The van der Waals surface area contributed by atoms with E-state index in [-0.39, 0.29) is 29.2 Å². The van der Waals surface area contributed by atoms with Gasteiger partial charge in [-0.1, -0.05) is 54.1 Å². The summed E-state index contributed by atoms with van der Waals surface area (Å²) in [6, 6.07) is 19.8. The van der Waals surface area contributed by atoms with E-state index in [0.717, 1.165) is 27.8 Å². The summed E-state index contributed by atoms with van der Waals surface area (Å²) in [7, 11) is 0. The number of hydrogen-bond donors (Lipinski definition) is 1. The maximum Gasteiger partial charge on any atom is 0.293 e. The Bertz CT molecular complexity index is 1340. The van der Waals surface area contributed by atoms with E-state index in [1.165, 1.54) is 0 Å². The normalized spacial score (nSPS) is 14.5. The van der Waals surface area contributed by atoms with E-state index in [1.54, 1.807) is 54.6 Å². The van der Waals surface area contributed by atoms with Crippen LogP contribution >= 0.6 is 23.4 Å². The number of carbonyl (C=O) groups is 3. The Morgan fingerprint density at radius 3 is 2.54 bits per heavy atom. The standard InChI is InChI=1S/C27H23ClN2O4S/c1-17-11-12-21(13-18(17)2)29-25(31)16-34-23-10-6-4-7-19(23)14-24-26(32)30(27(33)35-24)15-20-8-3-5-9-22(20)28/h3-14H,15-16H2,1-2H3,(H,29,31)/b24-14-. The lowest BCUT2D eigenvalue weighted by Gasteiger charge is -2.13. The SMILES string of the molecule is Cc1ccc(NC(=O)COc2ccccc2/C=C2\SC(=O)N(Cc3ccccc3Cl)C2=O)cc1C. The number of thioether (sulfide) groups is 1. The largest absolute Gasteiger partial charge is 0.483 e. The summed E-state index contributed by atoms with van der Waals surface area (Å²) in [5, 5.41) is 2.95. The molecule has 8 heteroatoms. The minimum absolute atomic E-state index is 0.0957. The third kappa shape index (κ3) is 5.93. The van der Waals surface area contributed by atoms with Gasteiger partial charge in [-0.2, -0.15) is 0 Å². The monoisotopic (exact) mass is 506 g/mol. The van der Waals surface area contributed by atoms with Crippen molar-refractivity contribution in [2.45, 2.75) is 20.4 Å². The number of nitrogens with one attached hydrogen (secondary N) is 1. The highest BCUT2D eigenvalue weighted by Crippen LogP contribution is 2.35. The van der Waals surface area contributed by atoms with E-state index in [9.17, 15) is 14.4 Å². The molecule has 0 atom stereocenters. The number of rotatable bonds is 7. The number of carbonyl (C=O) groups excluding carboxylic acids is 3. The van der Waals surface area contributed by atoms with Gasteiger partial charge in [0.25, 0.3) is 17.1 Å². The van der Waals surface area contributed by atoms with E-state index in [1.807, 2.05) is 32.0 Å². The molecule has 0 bridgehead atoms. The third-order valence-electron chi connectivity index (χ3n) is 5.51. The first-order valence-electron chi connectivity index (χ1n) is 10.9. The molecule has 1 N–H and O–H groups in total. The molecule has 1 saturated heterocycles. The lowest BCUT2D eigenvalue weighted by Crippen LogP contribution is -2.27. The molecule has 0 unspecified atom stereocenters. The highest BCUT2D eigenvalue weighted by atomic mass is 35.5. The van der Waals surface area contributed by atoms with Crippen molar-refractivity contribution in [2.24, 2.45) is 0 Å². The molecule has 0 saturated carbocycles. The molecule has 1 aliphatic heterocycles. The van der Waals surface area contributed by atoms with E-state index >= 15 is 0 Å². The van der Waals surface area contributed by atoms with Gasteiger partial charge in [0.05, 0.1) is 11.4 Å². The van der Waals surface area contributed by atoms with Gasteiger partial charge in [0.1, 0.15) is 5.75 Å². The molecule has 1 heterocycles. The minimum Gasteiger partial charge on any atom is -0.483 e. The molecule has 3 amide bonds. The highest BCUT2D eigenvalue weighted by molar-refractivity contribution is 8.18. The van der Waals surface area contributed by atoms with Crippen molar-refractivity contribution in [3.05, 3.63) is 98.9 Å². The van der Waals surface area contributed by atoms with Crippen molar-refractivity contribution < 1.29 is 19.1 Å². The number of ether oxygens (including phenoxy) is 1. The van der Waals surface area contributed by atoms with Crippen molar-refractivity contribution in [1.29, 1.82) is 0 Å². The van der Waals surface area contributed by atoms with E-state index < -0.39 is 5.91 Å². The fourth-order valence-electron chi connectivity index (χ4n) is 3.47. The van der Waals surface area contributed by atoms with Crippen LogP contribution in [0, 0.1) is 13.8 Å². The Kier molecular flexibility index (Phi) is 7.58. The molecule has 0 aromatic heterocycles. The molecular weight excluding hydrogens is 484 g/mol. The molecule has 178 valence electrons. The topological polar surface area (TPSA) is 75.7 Å². The van der Waals surface area contributed by atoms with Crippen LogP contribution in [0.15, 0.2) is 71.6 Å². The fraction of sp³-hybridized carbons (Fsp3) is 0.148. The highest BCUT2D eigenvalue weighted by Gasteiger charge is 2.35. The van der Waals surface area contributed by atoms with Crippen LogP contribution in [0.25, 0.3) is 6.08 Å². The molecule has 3 aromatic rings. The van der Waals surface area contributed by atoms with Gasteiger partial charge in [0.15, 0.2) is 6.61 Å². The molecule has 4 rings (SSSR count). The predicted octanol–water partition coefficient (Wildman–Crippen LogP) is 6.21. The Hall–Kier alpha value is -3.55. The molecule has 0 aliphatic carbocycles. The van der Waals surface area contributed by atoms with E-state index in [2.05, 4.69) is 5.32 Å². The van der Waals surface area contributed by atoms with Crippen LogP contribution in [0.5, 0.6) is 5.75 Å². The summed E-state index contributed by atoms with van der Waals surface area (Å²) >= 11 is 7.05. The van der Waals surface area contributed by atoms with Crippen LogP contribution in [0.3, 0.4) is 0 Å². The summed E-state index contributed by atoms with van der Waals surface area (Å²) in [5.41, 5.74) is 4.20. The molecule has 1 fully saturated rings. The van der Waals surface area contributed by atoms with Gasteiger partial charge in [0, 0.05) is 16.3 Å². The van der Waals surface area contributed by atoms with Gasteiger partial charge in [-0.3, -0.25) is 19.3 Å². The number of para-hydroxylation sites is 1. The van der Waals surface area contributed by atoms with Crippen LogP contribution in [-0.4, -0.2) is 28.6 Å². The average molecular weight is 507 g/mol. The van der Waals surface area contributed by atoms with Crippen molar-refractivity contribution in [2.75, 3.05) is 11.9 Å². The zero-order valence-electron chi connectivity index (χ0n) is 19.2. The number of anilines is 1. The van der Waals surface area contributed by atoms with E-state index in [0.29, 0.717) is 27.6 Å². The summed E-state index contributed by atoms with van der Waals surface area (Å²) in [6.45, 7) is 3.88. The van der Waals surface area contributed by atoms with Crippen molar-refractivity contribution >= 4 is 52.2 Å². The number of imide groups is 1. The maximum atomic E-state index is 12.9. The molecule has 0 radical (unpaired) electrons. The Morgan fingerprint density at radius 1 is 1.03 bits per heavy atom. The van der Waals surface area contributed by atoms with Crippen LogP contribution in [0.4, 0.5) is 10.5 Å². The third-order valence-corrected chi connectivity index (χ3v) is 6.79. The number of amides is 3. The molecule has 0 spiro atoms. The second kappa shape index (κ2) is 10.8. The van der Waals surface area contributed by atoms with E-state index in [4.69, 9.17) is 16.3 Å². The van der Waals surface area contributed by atoms with Gasteiger partial charge >= 0.3 is 0 Å². The van der Waals surface area contributed by atoms with Gasteiger partial charge in [0.2, 0.25) is 0 Å². The number of aryl methyl sites for hydroxylation is 2. The van der Waals surface area contributed by atoms with Gasteiger partial charge in [-0.05, 0) is 72.6 Å². The summed E-state index contributed by atoms with van der Waals surface area (Å²) in [6.07, 6.45) is 1.61. The van der Waals surface area contributed by atoms with Gasteiger partial charge in [-0.25, -0.2) is 0 Å². The Labute approximate surface area is 212 Å². The summed E-state index contributed by atoms with van der Waals surface area (Å²) in [4.78, 5) is 39.3. The van der Waals surface area contributed by atoms with Crippen molar-refractivity contribution in [1.82, 2.24) is 4.90 Å². The van der Waals surface area contributed by atoms with Gasteiger partial charge < -0.3 is 10.1 Å². The zero-order chi connectivity index (χ0) is 24.9. The van der Waals surface area contributed by atoms with Crippen LogP contribution in [-0.2, 0) is 16.1 Å². The molecular formula is C27H23ClN2O4S. The van der Waals surface area contributed by atoms with Crippen LogP contribution in [0.1, 0.15) is 22.3 Å². The van der Waals surface area contributed by atoms with Crippen LogP contribution < -0.4 is 10.1 Å². The summed E-state index contributed by atoms with van der Waals surface area (Å²) < 4.78 is 5.74.